The molecule has 1 aromatic rings. The van der Waals surface area contributed by atoms with Crippen LogP contribution in [0.3, 0.4) is 0 Å². The lowest BCUT2D eigenvalue weighted by Crippen LogP contribution is -2.58. The van der Waals surface area contributed by atoms with Gasteiger partial charge in [-0.05, 0) is 55.5 Å². The van der Waals surface area contributed by atoms with Crippen molar-refractivity contribution in [3.8, 4) is 0 Å². The smallest absolute Gasteiger partial charge is 0.128 e. The molecule has 24 heavy (non-hydrogen) atoms. The summed E-state index contributed by atoms with van der Waals surface area (Å²) >= 11 is 0. The van der Waals surface area contributed by atoms with E-state index in [0.29, 0.717) is 17.5 Å². The highest BCUT2D eigenvalue weighted by molar-refractivity contribution is 5.55. The zero-order chi connectivity index (χ0) is 16.9. The van der Waals surface area contributed by atoms with Crippen molar-refractivity contribution in [1.29, 1.82) is 0 Å². The van der Waals surface area contributed by atoms with Gasteiger partial charge in [-0.15, -0.1) is 0 Å². The highest BCUT2D eigenvalue weighted by Crippen LogP contribution is 2.61. The van der Waals surface area contributed by atoms with Crippen LogP contribution in [0.1, 0.15) is 40.0 Å². The highest BCUT2D eigenvalue weighted by atomic mass is 15.2. The van der Waals surface area contributed by atoms with Crippen molar-refractivity contribution >= 4 is 11.5 Å². The first-order valence-electron chi connectivity index (χ1n) is 9.64. The highest BCUT2D eigenvalue weighted by Gasteiger charge is 2.56. The number of anilines is 2. The lowest BCUT2D eigenvalue weighted by Gasteiger charge is -2.62. The Morgan fingerprint density at radius 3 is 2.79 bits per heavy atom. The van der Waals surface area contributed by atoms with Gasteiger partial charge < -0.3 is 15.5 Å². The monoisotopic (exact) mass is 328 g/mol. The van der Waals surface area contributed by atoms with E-state index in [-0.39, 0.29) is 0 Å². The van der Waals surface area contributed by atoms with Crippen LogP contribution in [0.5, 0.6) is 0 Å². The van der Waals surface area contributed by atoms with Gasteiger partial charge in [0.05, 0.1) is 0 Å². The second-order valence-corrected chi connectivity index (χ2v) is 8.83. The van der Waals surface area contributed by atoms with E-state index in [0.717, 1.165) is 36.7 Å². The molecule has 3 aliphatic carbocycles. The van der Waals surface area contributed by atoms with Crippen LogP contribution < -0.4 is 15.5 Å². The molecule has 0 aromatic carbocycles. The fourth-order valence-electron chi connectivity index (χ4n) is 5.46. The van der Waals surface area contributed by atoms with Crippen LogP contribution >= 0.6 is 0 Å². The van der Waals surface area contributed by atoms with E-state index < -0.39 is 0 Å². The van der Waals surface area contributed by atoms with Crippen LogP contribution in [0.15, 0.2) is 18.3 Å². The Morgan fingerprint density at radius 1 is 1.29 bits per heavy atom. The number of pyridine rings is 1. The van der Waals surface area contributed by atoms with Crippen molar-refractivity contribution in [2.24, 2.45) is 23.2 Å². The SMILES string of the molecule is CN[C@@H]1CCN(c2ccnc(N[C@@H]3C[C@@H]4C[C@H]([C@H]3C)C4(C)C)c2)C1. The molecule has 1 saturated heterocycles. The Labute approximate surface area is 146 Å². The van der Waals surface area contributed by atoms with Crippen molar-refractivity contribution in [2.45, 2.75) is 52.1 Å². The first-order chi connectivity index (χ1) is 11.5. The number of hydrogen-bond donors (Lipinski definition) is 2. The summed E-state index contributed by atoms with van der Waals surface area (Å²) in [6.45, 7) is 9.58. The molecule has 4 fully saturated rings. The van der Waals surface area contributed by atoms with Gasteiger partial charge in [0.15, 0.2) is 0 Å². The summed E-state index contributed by atoms with van der Waals surface area (Å²) < 4.78 is 0. The van der Waals surface area contributed by atoms with E-state index in [1.54, 1.807) is 0 Å². The summed E-state index contributed by atoms with van der Waals surface area (Å²) in [6.07, 6.45) is 5.91. The lowest BCUT2D eigenvalue weighted by molar-refractivity contribution is -0.105. The number of nitrogens with zero attached hydrogens (tertiary/aromatic N) is 2. The minimum atomic E-state index is 0.546. The van der Waals surface area contributed by atoms with Gasteiger partial charge in [-0.3, -0.25) is 0 Å². The average molecular weight is 329 g/mol. The molecule has 5 rings (SSSR count). The Hall–Kier alpha value is -1.29. The fraction of sp³-hybridized carbons (Fsp3) is 0.750. The van der Waals surface area contributed by atoms with E-state index in [9.17, 15) is 0 Å². The fourth-order valence-corrected chi connectivity index (χ4v) is 5.46. The van der Waals surface area contributed by atoms with Crippen LogP contribution in [0.25, 0.3) is 0 Å². The number of hydrogen-bond acceptors (Lipinski definition) is 4. The van der Waals surface area contributed by atoms with E-state index in [4.69, 9.17) is 0 Å². The minimum absolute atomic E-state index is 0.546. The summed E-state index contributed by atoms with van der Waals surface area (Å²) in [5, 5.41) is 7.16. The topological polar surface area (TPSA) is 40.2 Å². The van der Waals surface area contributed by atoms with Crippen LogP contribution in [-0.4, -0.2) is 37.2 Å². The molecule has 4 heteroatoms. The number of rotatable bonds is 4. The molecule has 2 N–H and O–H groups in total. The number of fused-ring (bicyclic) bond motifs is 2. The van der Waals surface area contributed by atoms with Crippen molar-refractivity contribution in [2.75, 3.05) is 30.4 Å². The predicted molar refractivity (Wildman–Crippen MR) is 100 cm³/mol. The van der Waals surface area contributed by atoms with Crippen molar-refractivity contribution in [3.63, 3.8) is 0 Å². The summed E-state index contributed by atoms with van der Waals surface area (Å²) in [7, 11) is 2.06. The Bertz CT molecular complexity index is 599. The Balaban J connectivity index is 1.44. The first-order valence-corrected chi connectivity index (χ1v) is 9.64. The molecule has 5 atom stereocenters. The Kier molecular flexibility index (Phi) is 3.98. The zero-order valence-corrected chi connectivity index (χ0v) is 15.5. The summed E-state index contributed by atoms with van der Waals surface area (Å²) in [4.78, 5) is 7.07. The van der Waals surface area contributed by atoms with Gasteiger partial charge in [-0.2, -0.15) is 0 Å². The number of aromatic nitrogens is 1. The van der Waals surface area contributed by atoms with Crippen LogP contribution in [-0.2, 0) is 0 Å². The second kappa shape index (κ2) is 5.91. The minimum Gasteiger partial charge on any atom is -0.370 e. The van der Waals surface area contributed by atoms with Gasteiger partial charge in [-0.25, -0.2) is 4.98 Å². The second-order valence-electron chi connectivity index (χ2n) is 8.83. The molecule has 2 heterocycles. The maximum Gasteiger partial charge on any atom is 0.128 e. The summed E-state index contributed by atoms with van der Waals surface area (Å²) in [6, 6.07) is 5.58. The van der Waals surface area contributed by atoms with Gasteiger partial charge in [0, 0.05) is 43.1 Å². The van der Waals surface area contributed by atoms with E-state index in [1.807, 2.05) is 6.20 Å². The van der Waals surface area contributed by atoms with Gasteiger partial charge in [0.2, 0.25) is 0 Å². The molecule has 2 bridgehead atoms. The number of likely N-dealkylation sites (N-methyl/N-ethyl adjacent to an activating group) is 1. The molecule has 3 saturated carbocycles. The van der Waals surface area contributed by atoms with Gasteiger partial charge in [-0.1, -0.05) is 20.8 Å². The molecule has 132 valence electrons. The van der Waals surface area contributed by atoms with E-state index >= 15 is 0 Å². The third kappa shape index (κ3) is 2.59. The molecule has 0 radical (unpaired) electrons. The molecule has 1 aliphatic heterocycles. The van der Waals surface area contributed by atoms with Gasteiger partial charge in [0.1, 0.15) is 5.82 Å². The molecule has 1 aromatic heterocycles. The summed E-state index contributed by atoms with van der Waals surface area (Å²) in [5.74, 6) is 3.54. The average Bonchev–Trinajstić information content (AvgIpc) is 3.05. The standard InChI is InChI=1S/C20H32N4/c1-13-17-9-14(20(17,2)3)10-18(13)23-19-11-16(5-7-22-19)24-8-6-15(12-24)21-4/h5,7,11,13-15,17-18,21H,6,8-10,12H2,1-4H3,(H,22,23)/t13-,14+,15-,17-,18-/m1/s1. The largest absolute Gasteiger partial charge is 0.370 e. The molecular formula is C20H32N4. The van der Waals surface area contributed by atoms with Crippen LogP contribution in [0, 0.1) is 23.2 Å². The molecule has 4 aliphatic rings. The quantitative estimate of drug-likeness (QED) is 0.889. The zero-order valence-electron chi connectivity index (χ0n) is 15.5. The molecule has 0 amide bonds. The molecule has 4 nitrogen and oxygen atoms in total. The summed E-state index contributed by atoms with van der Waals surface area (Å²) in [5.41, 5.74) is 1.85. The molecular weight excluding hydrogens is 296 g/mol. The predicted octanol–water partition coefficient (Wildman–Crippen LogP) is 3.36. The van der Waals surface area contributed by atoms with Crippen molar-refractivity contribution in [3.05, 3.63) is 18.3 Å². The molecule has 0 unspecified atom stereocenters. The Morgan fingerprint density at radius 2 is 2.12 bits per heavy atom. The van der Waals surface area contributed by atoms with Crippen molar-refractivity contribution < 1.29 is 0 Å². The maximum absolute atomic E-state index is 4.60. The molecule has 0 spiro atoms. The van der Waals surface area contributed by atoms with Gasteiger partial charge >= 0.3 is 0 Å². The van der Waals surface area contributed by atoms with E-state index in [2.05, 4.69) is 60.5 Å². The van der Waals surface area contributed by atoms with Crippen LogP contribution in [0.4, 0.5) is 11.5 Å². The lowest BCUT2D eigenvalue weighted by atomic mass is 9.45. The third-order valence-electron chi connectivity index (χ3n) is 7.39. The van der Waals surface area contributed by atoms with Crippen molar-refractivity contribution in [1.82, 2.24) is 10.3 Å². The maximum atomic E-state index is 4.60. The first kappa shape index (κ1) is 16.2. The van der Waals surface area contributed by atoms with E-state index in [1.165, 1.54) is 24.9 Å². The van der Waals surface area contributed by atoms with Crippen LogP contribution in [0.2, 0.25) is 0 Å². The van der Waals surface area contributed by atoms with Gasteiger partial charge in [0.25, 0.3) is 0 Å². The number of nitrogens with one attached hydrogen (secondary N) is 2. The normalized spacial score (nSPS) is 37.2. The third-order valence-corrected chi connectivity index (χ3v) is 7.39.